The fourth-order valence-corrected chi connectivity index (χ4v) is 2.74. The standard InChI is InChI=1S/C14H17NO4/c1-9(2)10-7-14(8-10,13(16)17)11-3-5-12(6-4-11)15(18)19/h3-6,9-10H,7-8H2,1-2H3,(H,16,17). The van der Waals surface area contributed by atoms with Crippen molar-refractivity contribution in [3.05, 3.63) is 39.9 Å². The molecule has 0 heterocycles. The van der Waals surface area contributed by atoms with E-state index < -0.39 is 16.3 Å². The lowest BCUT2D eigenvalue weighted by atomic mass is 9.56. The molecule has 102 valence electrons. The molecule has 1 aliphatic rings. The lowest BCUT2D eigenvalue weighted by Gasteiger charge is -2.46. The summed E-state index contributed by atoms with van der Waals surface area (Å²) in [6, 6.07) is 5.90. The molecule has 0 saturated heterocycles. The minimum absolute atomic E-state index is 0.0102. The van der Waals surface area contributed by atoms with Gasteiger partial charge in [-0.3, -0.25) is 14.9 Å². The van der Waals surface area contributed by atoms with E-state index in [0.29, 0.717) is 30.2 Å². The largest absolute Gasteiger partial charge is 0.481 e. The Hall–Kier alpha value is -1.91. The Balaban J connectivity index is 2.27. The Bertz CT molecular complexity index is 501. The van der Waals surface area contributed by atoms with Crippen molar-refractivity contribution in [2.45, 2.75) is 32.1 Å². The van der Waals surface area contributed by atoms with Crippen LogP contribution < -0.4 is 0 Å². The zero-order chi connectivity index (χ0) is 14.2. The van der Waals surface area contributed by atoms with E-state index in [1.807, 2.05) is 0 Å². The first kappa shape index (κ1) is 13.5. The molecule has 1 saturated carbocycles. The first-order valence-corrected chi connectivity index (χ1v) is 6.35. The summed E-state index contributed by atoms with van der Waals surface area (Å²) in [4.78, 5) is 21.7. The molecular weight excluding hydrogens is 246 g/mol. The average molecular weight is 263 g/mol. The molecule has 5 nitrogen and oxygen atoms in total. The Morgan fingerprint density at radius 2 is 1.89 bits per heavy atom. The van der Waals surface area contributed by atoms with E-state index in [9.17, 15) is 20.0 Å². The van der Waals surface area contributed by atoms with E-state index in [-0.39, 0.29) is 5.69 Å². The molecule has 0 atom stereocenters. The van der Waals surface area contributed by atoms with E-state index in [4.69, 9.17) is 0 Å². The number of aliphatic carboxylic acids is 1. The lowest BCUT2D eigenvalue weighted by molar-refractivity contribution is -0.384. The summed E-state index contributed by atoms with van der Waals surface area (Å²) >= 11 is 0. The van der Waals surface area contributed by atoms with Crippen LogP contribution in [0, 0.1) is 22.0 Å². The molecule has 19 heavy (non-hydrogen) atoms. The van der Waals surface area contributed by atoms with Crippen molar-refractivity contribution in [3.63, 3.8) is 0 Å². The van der Waals surface area contributed by atoms with Crippen LogP contribution in [0.15, 0.2) is 24.3 Å². The van der Waals surface area contributed by atoms with Crippen LogP contribution in [0.5, 0.6) is 0 Å². The van der Waals surface area contributed by atoms with Crippen molar-refractivity contribution >= 4 is 11.7 Å². The van der Waals surface area contributed by atoms with Crippen LogP contribution in [-0.4, -0.2) is 16.0 Å². The van der Waals surface area contributed by atoms with Crippen molar-refractivity contribution in [1.82, 2.24) is 0 Å². The molecule has 1 fully saturated rings. The molecule has 5 heteroatoms. The molecule has 2 rings (SSSR count). The minimum Gasteiger partial charge on any atom is -0.481 e. The molecule has 0 amide bonds. The van der Waals surface area contributed by atoms with Gasteiger partial charge < -0.3 is 5.11 Å². The Labute approximate surface area is 111 Å². The van der Waals surface area contributed by atoms with Gasteiger partial charge in [-0.25, -0.2) is 0 Å². The normalized spacial score (nSPS) is 25.9. The number of nitro benzene ring substituents is 1. The van der Waals surface area contributed by atoms with Gasteiger partial charge >= 0.3 is 5.97 Å². The third-order valence-electron chi connectivity index (χ3n) is 4.20. The van der Waals surface area contributed by atoms with Gasteiger partial charge in [0.25, 0.3) is 5.69 Å². The number of nitrogens with zero attached hydrogens (tertiary/aromatic N) is 1. The Kier molecular flexibility index (Phi) is 3.30. The number of rotatable bonds is 4. The molecule has 0 unspecified atom stereocenters. The SMILES string of the molecule is CC(C)C1CC(C(=O)O)(c2ccc([N+](=O)[O-])cc2)C1. The predicted octanol–water partition coefficient (Wildman–Crippen LogP) is 2.98. The molecule has 0 aromatic heterocycles. The highest BCUT2D eigenvalue weighted by atomic mass is 16.6. The molecule has 1 N–H and O–H groups in total. The molecule has 0 radical (unpaired) electrons. The zero-order valence-electron chi connectivity index (χ0n) is 11.0. The summed E-state index contributed by atoms with van der Waals surface area (Å²) in [7, 11) is 0. The summed E-state index contributed by atoms with van der Waals surface area (Å²) in [6.07, 6.45) is 1.22. The molecule has 0 aliphatic heterocycles. The van der Waals surface area contributed by atoms with Crippen LogP contribution in [0.3, 0.4) is 0 Å². The first-order chi connectivity index (χ1) is 8.86. The van der Waals surface area contributed by atoms with E-state index >= 15 is 0 Å². The molecule has 0 bridgehead atoms. The second-order valence-corrected chi connectivity index (χ2v) is 5.60. The van der Waals surface area contributed by atoms with Gasteiger partial charge in [-0.05, 0) is 30.2 Å². The van der Waals surface area contributed by atoms with Crippen molar-refractivity contribution in [2.75, 3.05) is 0 Å². The number of carbonyl (C=O) groups is 1. The van der Waals surface area contributed by atoms with Gasteiger partial charge in [0, 0.05) is 12.1 Å². The lowest BCUT2D eigenvalue weighted by Crippen LogP contribution is -2.49. The Morgan fingerprint density at radius 1 is 1.37 bits per heavy atom. The van der Waals surface area contributed by atoms with E-state index in [1.165, 1.54) is 12.1 Å². The van der Waals surface area contributed by atoms with Gasteiger partial charge in [0.05, 0.1) is 10.3 Å². The van der Waals surface area contributed by atoms with Crippen molar-refractivity contribution in [1.29, 1.82) is 0 Å². The molecule has 1 aromatic rings. The maximum Gasteiger partial charge on any atom is 0.314 e. The smallest absolute Gasteiger partial charge is 0.314 e. The highest BCUT2D eigenvalue weighted by Crippen LogP contribution is 2.51. The van der Waals surface area contributed by atoms with Crippen LogP contribution >= 0.6 is 0 Å². The monoisotopic (exact) mass is 263 g/mol. The third kappa shape index (κ3) is 2.20. The van der Waals surface area contributed by atoms with Crippen molar-refractivity contribution in [2.24, 2.45) is 11.8 Å². The van der Waals surface area contributed by atoms with Gasteiger partial charge in [-0.2, -0.15) is 0 Å². The second kappa shape index (κ2) is 4.64. The number of hydrogen-bond donors (Lipinski definition) is 1. The van der Waals surface area contributed by atoms with Crippen LogP contribution in [0.2, 0.25) is 0 Å². The summed E-state index contributed by atoms with van der Waals surface area (Å²) in [5.74, 6) is 0.0371. The summed E-state index contributed by atoms with van der Waals surface area (Å²) in [5, 5.41) is 20.1. The number of carboxylic acid groups (broad SMARTS) is 1. The Morgan fingerprint density at radius 3 is 2.26 bits per heavy atom. The quantitative estimate of drug-likeness (QED) is 0.668. The highest BCUT2D eigenvalue weighted by Gasteiger charge is 2.52. The van der Waals surface area contributed by atoms with Crippen LogP contribution in [0.4, 0.5) is 5.69 Å². The third-order valence-corrected chi connectivity index (χ3v) is 4.20. The number of benzene rings is 1. The molecule has 1 aromatic carbocycles. The van der Waals surface area contributed by atoms with Gasteiger partial charge in [-0.15, -0.1) is 0 Å². The predicted molar refractivity (Wildman–Crippen MR) is 70.0 cm³/mol. The summed E-state index contributed by atoms with van der Waals surface area (Å²) in [5.41, 5.74) is -0.198. The van der Waals surface area contributed by atoms with Crippen LogP contribution in [0.25, 0.3) is 0 Å². The molecular formula is C14H17NO4. The highest BCUT2D eigenvalue weighted by molar-refractivity contribution is 5.83. The molecule has 1 aliphatic carbocycles. The maximum atomic E-state index is 11.6. The zero-order valence-corrected chi connectivity index (χ0v) is 11.0. The number of carboxylic acids is 1. The van der Waals surface area contributed by atoms with Gasteiger partial charge in [-0.1, -0.05) is 26.0 Å². The van der Waals surface area contributed by atoms with Crippen molar-refractivity contribution < 1.29 is 14.8 Å². The number of hydrogen-bond acceptors (Lipinski definition) is 3. The van der Waals surface area contributed by atoms with E-state index in [2.05, 4.69) is 13.8 Å². The van der Waals surface area contributed by atoms with Gasteiger partial charge in [0.1, 0.15) is 0 Å². The van der Waals surface area contributed by atoms with Gasteiger partial charge in [0.2, 0.25) is 0 Å². The number of non-ortho nitro benzene ring substituents is 1. The van der Waals surface area contributed by atoms with E-state index in [1.54, 1.807) is 12.1 Å². The van der Waals surface area contributed by atoms with Crippen LogP contribution in [0.1, 0.15) is 32.3 Å². The summed E-state index contributed by atoms with van der Waals surface area (Å²) < 4.78 is 0. The average Bonchev–Trinajstić information content (AvgIpc) is 2.27. The summed E-state index contributed by atoms with van der Waals surface area (Å²) in [6.45, 7) is 4.18. The fraction of sp³-hybridized carbons (Fsp3) is 0.500. The maximum absolute atomic E-state index is 11.6. The van der Waals surface area contributed by atoms with Gasteiger partial charge in [0.15, 0.2) is 0 Å². The van der Waals surface area contributed by atoms with Crippen molar-refractivity contribution in [3.8, 4) is 0 Å². The topological polar surface area (TPSA) is 80.4 Å². The second-order valence-electron chi connectivity index (χ2n) is 5.60. The minimum atomic E-state index is -0.857. The fourth-order valence-electron chi connectivity index (χ4n) is 2.74. The number of nitro groups is 1. The molecule has 0 spiro atoms. The van der Waals surface area contributed by atoms with E-state index in [0.717, 1.165) is 0 Å². The van der Waals surface area contributed by atoms with Crippen LogP contribution in [-0.2, 0) is 10.2 Å². The first-order valence-electron chi connectivity index (χ1n) is 6.35.